The molecule has 0 saturated heterocycles. The van der Waals surface area contributed by atoms with Gasteiger partial charge in [-0.2, -0.15) is 0 Å². The summed E-state index contributed by atoms with van der Waals surface area (Å²) in [7, 11) is 0. The lowest BCUT2D eigenvalue weighted by Gasteiger charge is -2.26. The van der Waals surface area contributed by atoms with E-state index in [1.54, 1.807) is 11.3 Å². The first-order valence-electron chi connectivity index (χ1n) is 7.56. The number of pyridine rings is 1. The van der Waals surface area contributed by atoms with Gasteiger partial charge < -0.3 is 5.32 Å². The summed E-state index contributed by atoms with van der Waals surface area (Å²) in [6.45, 7) is 2.32. The van der Waals surface area contributed by atoms with Crippen molar-refractivity contribution < 1.29 is 4.79 Å². The molecule has 0 bridgehead atoms. The van der Waals surface area contributed by atoms with E-state index in [1.807, 2.05) is 24.5 Å². The van der Waals surface area contributed by atoms with E-state index in [9.17, 15) is 4.79 Å². The van der Waals surface area contributed by atoms with E-state index in [2.05, 4.69) is 17.2 Å². The number of amides is 1. The van der Waals surface area contributed by atoms with E-state index in [0.29, 0.717) is 6.42 Å². The molecular formula is C17H18N2OS. The van der Waals surface area contributed by atoms with Crippen molar-refractivity contribution in [1.82, 2.24) is 4.98 Å². The summed E-state index contributed by atoms with van der Waals surface area (Å²) in [6.07, 6.45) is 7.76. The van der Waals surface area contributed by atoms with Crippen molar-refractivity contribution in [3.63, 3.8) is 0 Å². The maximum atomic E-state index is 12.1. The molecule has 1 amide bonds. The number of fused-ring (bicyclic) bond motifs is 3. The molecule has 0 unspecified atom stereocenters. The zero-order chi connectivity index (χ0) is 14.4. The number of rotatable bonds is 1. The van der Waals surface area contributed by atoms with Crippen molar-refractivity contribution in [2.45, 2.75) is 38.5 Å². The van der Waals surface area contributed by atoms with Crippen LogP contribution in [0.4, 0.5) is 5.00 Å². The molecule has 1 aliphatic carbocycles. The highest BCUT2D eigenvalue weighted by molar-refractivity contribution is 7.16. The van der Waals surface area contributed by atoms with Gasteiger partial charge in [-0.3, -0.25) is 9.78 Å². The fourth-order valence-electron chi connectivity index (χ4n) is 3.58. The predicted molar refractivity (Wildman–Crippen MR) is 84.8 cm³/mol. The molecule has 0 saturated carbocycles. The summed E-state index contributed by atoms with van der Waals surface area (Å²) >= 11 is 1.80. The van der Waals surface area contributed by atoms with E-state index < -0.39 is 0 Å². The van der Waals surface area contributed by atoms with Gasteiger partial charge in [0.05, 0.1) is 5.00 Å². The fraction of sp³-hybridized carbons (Fsp3) is 0.412. The van der Waals surface area contributed by atoms with Crippen LogP contribution in [0.2, 0.25) is 0 Å². The molecule has 108 valence electrons. The highest BCUT2D eigenvalue weighted by atomic mass is 32.1. The van der Waals surface area contributed by atoms with Crippen molar-refractivity contribution in [2.75, 3.05) is 5.32 Å². The third-order valence-electron chi connectivity index (χ3n) is 4.65. The van der Waals surface area contributed by atoms with Gasteiger partial charge in [0.2, 0.25) is 5.91 Å². The van der Waals surface area contributed by atoms with Gasteiger partial charge in [0.15, 0.2) is 0 Å². The van der Waals surface area contributed by atoms with Crippen molar-refractivity contribution in [1.29, 1.82) is 0 Å². The zero-order valence-electron chi connectivity index (χ0n) is 12.1. The van der Waals surface area contributed by atoms with E-state index in [0.717, 1.165) is 23.8 Å². The van der Waals surface area contributed by atoms with E-state index in [1.165, 1.54) is 28.0 Å². The molecule has 1 N–H and O–H groups in total. The van der Waals surface area contributed by atoms with Crippen LogP contribution in [0, 0.1) is 5.92 Å². The maximum Gasteiger partial charge on any atom is 0.225 e. The third-order valence-corrected chi connectivity index (χ3v) is 5.84. The lowest BCUT2D eigenvalue weighted by molar-refractivity contribution is -0.116. The smallest absolute Gasteiger partial charge is 0.225 e. The Balaban J connectivity index is 1.84. The summed E-state index contributed by atoms with van der Waals surface area (Å²) in [4.78, 5) is 17.7. The average Bonchev–Trinajstić information content (AvgIpc) is 2.84. The van der Waals surface area contributed by atoms with Gasteiger partial charge >= 0.3 is 0 Å². The normalized spacial score (nSPS) is 24.1. The molecule has 0 aromatic carbocycles. The summed E-state index contributed by atoms with van der Waals surface area (Å²) in [5.41, 5.74) is 4.10. The Hall–Kier alpha value is -1.68. The van der Waals surface area contributed by atoms with Gasteiger partial charge in [-0.1, -0.05) is 6.92 Å². The Morgan fingerprint density at radius 1 is 1.29 bits per heavy atom. The first-order chi connectivity index (χ1) is 10.2. The largest absolute Gasteiger partial charge is 0.317 e. The number of thiophene rings is 1. The molecule has 2 atom stereocenters. The molecule has 2 aliphatic rings. The molecular weight excluding hydrogens is 280 g/mol. The van der Waals surface area contributed by atoms with Crippen molar-refractivity contribution >= 4 is 22.2 Å². The number of nitrogens with zero attached hydrogens (tertiary/aromatic N) is 1. The lowest BCUT2D eigenvalue weighted by Crippen LogP contribution is -2.23. The number of carbonyl (C=O) groups is 1. The predicted octanol–water partition coefficient (Wildman–Crippen LogP) is 3.74. The van der Waals surface area contributed by atoms with Gasteiger partial charge in [0.1, 0.15) is 0 Å². The van der Waals surface area contributed by atoms with Gasteiger partial charge in [0, 0.05) is 29.6 Å². The quantitative estimate of drug-likeness (QED) is 0.871. The van der Waals surface area contributed by atoms with Gasteiger partial charge in [-0.25, -0.2) is 0 Å². The molecule has 2 aromatic rings. The Kier molecular flexibility index (Phi) is 3.07. The first-order valence-corrected chi connectivity index (χ1v) is 8.38. The van der Waals surface area contributed by atoms with Crippen LogP contribution in [0.1, 0.15) is 47.3 Å². The second-order valence-electron chi connectivity index (χ2n) is 6.18. The van der Waals surface area contributed by atoms with Crippen LogP contribution >= 0.6 is 11.3 Å². The highest BCUT2D eigenvalue weighted by Crippen LogP contribution is 2.48. The molecule has 4 rings (SSSR count). The van der Waals surface area contributed by atoms with Crippen LogP contribution in [0.5, 0.6) is 0 Å². The second-order valence-corrected chi connectivity index (χ2v) is 7.29. The highest BCUT2D eigenvalue weighted by Gasteiger charge is 2.34. The topological polar surface area (TPSA) is 42.0 Å². The summed E-state index contributed by atoms with van der Waals surface area (Å²) in [5.74, 6) is 1.09. The molecule has 4 heteroatoms. The first kappa shape index (κ1) is 13.0. The maximum absolute atomic E-state index is 12.1. The van der Waals surface area contributed by atoms with Gasteiger partial charge in [-0.05, 0) is 54.0 Å². The summed E-state index contributed by atoms with van der Waals surface area (Å²) in [6, 6.07) is 4.09. The summed E-state index contributed by atoms with van der Waals surface area (Å²) < 4.78 is 0. The Morgan fingerprint density at radius 2 is 2.10 bits per heavy atom. The molecule has 3 heterocycles. The molecule has 3 nitrogen and oxygen atoms in total. The van der Waals surface area contributed by atoms with Crippen LogP contribution in [0.3, 0.4) is 0 Å². The van der Waals surface area contributed by atoms with Gasteiger partial charge in [-0.15, -0.1) is 11.3 Å². The Labute approximate surface area is 128 Å². The van der Waals surface area contributed by atoms with Gasteiger partial charge in [0.25, 0.3) is 0 Å². The summed E-state index contributed by atoms with van der Waals surface area (Å²) in [5, 5.41) is 4.19. The van der Waals surface area contributed by atoms with Crippen LogP contribution < -0.4 is 5.32 Å². The Bertz CT molecular complexity index is 692. The minimum absolute atomic E-state index is 0.135. The number of anilines is 1. The van der Waals surface area contributed by atoms with Crippen molar-refractivity contribution in [3.8, 4) is 0 Å². The van der Waals surface area contributed by atoms with E-state index in [-0.39, 0.29) is 11.8 Å². The molecule has 0 fully saturated rings. The molecule has 0 radical (unpaired) electrons. The zero-order valence-corrected chi connectivity index (χ0v) is 12.9. The average molecular weight is 298 g/mol. The number of hydrogen-bond acceptors (Lipinski definition) is 3. The molecule has 0 spiro atoms. The fourth-order valence-corrected chi connectivity index (χ4v) is 5.07. The van der Waals surface area contributed by atoms with Crippen molar-refractivity contribution in [2.24, 2.45) is 5.92 Å². The van der Waals surface area contributed by atoms with Crippen LogP contribution in [0.15, 0.2) is 24.5 Å². The van der Waals surface area contributed by atoms with Crippen molar-refractivity contribution in [3.05, 3.63) is 46.1 Å². The van der Waals surface area contributed by atoms with Crippen LogP contribution in [0.25, 0.3) is 0 Å². The SMILES string of the molecule is C[C@H]1CCc2c(sc3c2[C@@H](c2ccncc2)CC(=O)N3)C1. The number of carbonyl (C=O) groups excluding carboxylic acids is 1. The Morgan fingerprint density at radius 3 is 2.90 bits per heavy atom. The minimum Gasteiger partial charge on any atom is -0.317 e. The molecule has 2 aromatic heterocycles. The monoisotopic (exact) mass is 298 g/mol. The molecule has 21 heavy (non-hydrogen) atoms. The van der Waals surface area contributed by atoms with E-state index >= 15 is 0 Å². The molecule has 1 aliphatic heterocycles. The van der Waals surface area contributed by atoms with Crippen LogP contribution in [-0.2, 0) is 17.6 Å². The number of aromatic nitrogens is 1. The number of nitrogens with one attached hydrogen (secondary N) is 1. The number of hydrogen-bond donors (Lipinski definition) is 1. The second kappa shape index (κ2) is 4.95. The lowest BCUT2D eigenvalue weighted by atomic mass is 9.80. The minimum atomic E-state index is 0.135. The standard InChI is InChI=1S/C17H18N2OS/c1-10-2-3-12-14(8-10)21-17-16(12)13(9-15(20)19-17)11-4-6-18-7-5-11/h4-7,10,13H,2-3,8-9H2,1H3,(H,19,20)/t10-,13+/m0/s1. The third kappa shape index (κ3) is 2.18. The van der Waals surface area contributed by atoms with E-state index in [4.69, 9.17) is 0 Å². The van der Waals surface area contributed by atoms with Crippen LogP contribution in [-0.4, -0.2) is 10.9 Å².